The zero-order chi connectivity index (χ0) is 9.07. The molecule has 0 aliphatic heterocycles. The van der Waals surface area contributed by atoms with Crippen LogP contribution in [0.1, 0.15) is 34.1 Å². The molecular formula is C9H22N2. The first kappa shape index (κ1) is 10.9. The van der Waals surface area contributed by atoms with Crippen molar-refractivity contribution in [3.05, 3.63) is 0 Å². The summed E-state index contributed by atoms with van der Waals surface area (Å²) in [5.74, 6) is 0.712. The maximum Gasteiger partial charge on any atom is 0.0596 e. The van der Waals surface area contributed by atoms with E-state index in [1.807, 2.05) is 7.05 Å². The summed E-state index contributed by atoms with van der Waals surface area (Å²) in [7, 11) is 1.91. The molecule has 0 spiro atoms. The summed E-state index contributed by atoms with van der Waals surface area (Å²) in [6.07, 6.45) is 1.26. The lowest BCUT2D eigenvalue weighted by atomic mass is 9.81. The van der Waals surface area contributed by atoms with Gasteiger partial charge in [-0.2, -0.15) is 0 Å². The van der Waals surface area contributed by atoms with E-state index in [9.17, 15) is 0 Å². The lowest BCUT2D eigenvalue weighted by molar-refractivity contribution is 0.208. The van der Waals surface area contributed by atoms with Crippen molar-refractivity contribution in [1.29, 1.82) is 0 Å². The first-order valence-corrected chi connectivity index (χ1v) is 4.33. The lowest BCUT2D eigenvalue weighted by Crippen LogP contribution is -2.47. The van der Waals surface area contributed by atoms with Gasteiger partial charge in [-0.25, -0.2) is 0 Å². The van der Waals surface area contributed by atoms with Gasteiger partial charge in [-0.3, -0.25) is 0 Å². The monoisotopic (exact) mass is 158 g/mol. The van der Waals surface area contributed by atoms with Gasteiger partial charge in [-0.05, 0) is 24.8 Å². The van der Waals surface area contributed by atoms with Gasteiger partial charge in [0.05, 0.1) is 6.17 Å². The third kappa shape index (κ3) is 3.73. The van der Waals surface area contributed by atoms with Crippen LogP contribution < -0.4 is 11.1 Å². The van der Waals surface area contributed by atoms with Crippen molar-refractivity contribution in [3.8, 4) is 0 Å². The van der Waals surface area contributed by atoms with Gasteiger partial charge in [0.25, 0.3) is 0 Å². The summed E-state index contributed by atoms with van der Waals surface area (Å²) in [5, 5.41) is 3.09. The summed E-state index contributed by atoms with van der Waals surface area (Å²) in [6, 6.07) is 0. The molecule has 0 aromatic heterocycles. The highest BCUT2D eigenvalue weighted by molar-refractivity contribution is 4.79. The first-order chi connectivity index (χ1) is 4.90. The number of hydrogen-bond donors (Lipinski definition) is 2. The second-order valence-electron chi connectivity index (χ2n) is 4.35. The van der Waals surface area contributed by atoms with Crippen molar-refractivity contribution in [2.75, 3.05) is 7.05 Å². The fourth-order valence-electron chi connectivity index (χ4n) is 1.57. The van der Waals surface area contributed by atoms with Gasteiger partial charge in [-0.1, -0.05) is 27.7 Å². The van der Waals surface area contributed by atoms with Crippen molar-refractivity contribution in [2.45, 2.75) is 40.3 Å². The maximum absolute atomic E-state index is 5.89. The van der Waals surface area contributed by atoms with Gasteiger partial charge >= 0.3 is 0 Å². The predicted molar refractivity (Wildman–Crippen MR) is 50.3 cm³/mol. The van der Waals surface area contributed by atoms with E-state index in [-0.39, 0.29) is 11.6 Å². The van der Waals surface area contributed by atoms with Crippen molar-refractivity contribution in [3.63, 3.8) is 0 Å². The molecule has 2 nitrogen and oxygen atoms in total. The molecule has 0 saturated heterocycles. The molecular weight excluding hydrogens is 136 g/mol. The molecule has 68 valence electrons. The van der Waals surface area contributed by atoms with Gasteiger partial charge in [0, 0.05) is 0 Å². The second-order valence-corrected chi connectivity index (χ2v) is 4.35. The molecule has 0 saturated carbocycles. The Morgan fingerprint density at radius 3 is 2.09 bits per heavy atom. The van der Waals surface area contributed by atoms with Gasteiger partial charge in [0.2, 0.25) is 0 Å². The highest BCUT2D eigenvalue weighted by Gasteiger charge is 2.25. The Bertz CT molecular complexity index is 108. The van der Waals surface area contributed by atoms with E-state index < -0.39 is 0 Å². The third-order valence-electron chi connectivity index (χ3n) is 2.09. The van der Waals surface area contributed by atoms with Crippen LogP contribution in [-0.4, -0.2) is 13.2 Å². The highest BCUT2D eigenvalue weighted by atomic mass is 15.0. The van der Waals surface area contributed by atoms with Crippen molar-refractivity contribution in [2.24, 2.45) is 17.1 Å². The molecule has 0 fully saturated rings. The average molecular weight is 158 g/mol. The fraction of sp³-hybridized carbons (Fsp3) is 1.00. The molecule has 0 aliphatic rings. The number of nitrogens with two attached hydrogens (primary N) is 1. The van der Waals surface area contributed by atoms with Gasteiger partial charge in [0.15, 0.2) is 0 Å². The first-order valence-electron chi connectivity index (χ1n) is 4.33. The van der Waals surface area contributed by atoms with Crippen molar-refractivity contribution >= 4 is 0 Å². The standard InChI is InChI=1S/C9H22N2/c1-7(2)6-9(3,4)8(10)11-5/h7-8,11H,6,10H2,1-5H3. The van der Waals surface area contributed by atoms with Crippen LogP contribution in [0.4, 0.5) is 0 Å². The third-order valence-corrected chi connectivity index (χ3v) is 2.09. The molecule has 1 unspecified atom stereocenters. The zero-order valence-electron chi connectivity index (χ0n) is 8.44. The predicted octanol–water partition coefficient (Wildman–Crippen LogP) is 1.56. The molecule has 0 rings (SSSR count). The van der Waals surface area contributed by atoms with E-state index in [4.69, 9.17) is 5.73 Å². The number of nitrogens with one attached hydrogen (secondary N) is 1. The molecule has 0 aromatic carbocycles. The molecule has 2 heteroatoms. The molecule has 0 aliphatic carbocycles. The highest BCUT2D eigenvalue weighted by Crippen LogP contribution is 2.26. The minimum Gasteiger partial charge on any atom is -0.315 e. The summed E-state index contributed by atoms with van der Waals surface area (Å²) in [6.45, 7) is 8.86. The summed E-state index contributed by atoms with van der Waals surface area (Å²) in [4.78, 5) is 0. The number of hydrogen-bond acceptors (Lipinski definition) is 2. The van der Waals surface area contributed by atoms with E-state index in [0.29, 0.717) is 5.92 Å². The quantitative estimate of drug-likeness (QED) is 0.609. The van der Waals surface area contributed by atoms with E-state index in [1.165, 1.54) is 0 Å². The van der Waals surface area contributed by atoms with E-state index in [1.54, 1.807) is 0 Å². The topological polar surface area (TPSA) is 38.0 Å². The van der Waals surface area contributed by atoms with Gasteiger partial charge in [0.1, 0.15) is 0 Å². The van der Waals surface area contributed by atoms with Crippen LogP contribution in [0.15, 0.2) is 0 Å². The van der Waals surface area contributed by atoms with Crippen LogP contribution in [0.3, 0.4) is 0 Å². The van der Waals surface area contributed by atoms with Crippen molar-refractivity contribution in [1.82, 2.24) is 5.32 Å². The van der Waals surface area contributed by atoms with Crippen LogP contribution in [0, 0.1) is 11.3 Å². The molecule has 0 bridgehead atoms. The molecule has 3 N–H and O–H groups in total. The maximum atomic E-state index is 5.89. The Labute approximate surface area is 70.5 Å². The second kappa shape index (κ2) is 4.07. The summed E-state index contributed by atoms with van der Waals surface area (Å²) in [5.41, 5.74) is 6.09. The molecule has 0 heterocycles. The Morgan fingerprint density at radius 2 is 1.82 bits per heavy atom. The van der Waals surface area contributed by atoms with Gasteiger partial charge < -0.3 is 11.1 Å². The van der Waals surface area contributed by atoms with Crippen LogP contribution in [0.25, 0.3) is 0 Å². The minimum atomic E-state index is 0.102. The Morgan fingerprint density at radius 1 is 1.36 bits per heavy atom. The van der Waals surface area contributed by atoms with Crippen LogP contribution in [0.5, 0.6) is 0 Å². The molecule has 11 heavy (non-hydrogen) atoms. The lowest BCUT2D eigenvalue weighted by Gasteiger charge is -2.32. The Hall–Kier alpha value is -0.0800. The van der Waals surface area contributed by atoms with E-state index >= 15 is 0 Å². The number of rotatable bonds is 4. The minimum absolute atomic E-state index is 0.102. The zero-order valence-corrected chi connectivity index (χ0v) is 8.44. The van der Waals surface area contributed by atoms with Crippen LogP contribution in [-0.2, 0) is 0 Å². The van der Waals surface area contributed by atoms with E-state index in [2.05, 4.69) is 33.0 Å². The fourth-order valence-corrected chi connectivity index (χ4v) is 1.57. The molecule has 0 aromatic rings. The largest absolute Gasteiger partial charge is 0.315 e. The summed E-state index contributed by atoms with van der Waals surface area (Å²) >= 11 is 0. The molecule has 1 atom stereocenters. The van der Waals surface area contributed by atoms with E-state index in [0.717, 1.165) is 6.42 Å². The smallest absolute Gasteiger partial charge is 0.0596 e. The van der Waals surface area contributed by atoms with Crippen LogP contribution >= 0.6 is 0 Å². The molecule has 0 radical (unpaired) electrons. The van der Waals surface area contributed by atoms with Crippen LogP contribution in [0.2, 0.25) is 0 Å². The Balaban J connectivity index is 3.98. The normalized spacial score (nSPS) is 15.5. The Kier molecular flexibility index (Phi) is 4.04. The average Bonchev–Trinajstić information content (AvgIpc) is 1.83. The van der Waals surface area contributed by atoms with Gasteiger partial charge in [-0.15, -0.1) is 0 Å². The van der Waals surface area contributed by atoms with Crippen molar-refractivity contribution < 1.29 is 0 Å². The summed E-state index contributed by atoms with van der Waals surface area (Å²) < 4.78 is 0. The molecule has 0 amide bonds. The SMILES string of the molecule is CNC(N)C(C)(C)CC(C)C.